The lowest BCUT2D eigenvalue weighted by molar-refractivity contribution is 0.0754. The molecule has 21 heavy (non-hydrogen) atoms. The topological polar surface area (TPSA) is 38.5 Å². The van der Waals surface area contributed by atoms with Crippen LogP contribution in [0.1, 0.15) is 51.1 Å². The first-order chi connectivity index (χ1) is 10.1. The van der Waals surface area contributed by atoms with Crippen LogP contribution in [0.15, 0.2) is 18.2 Å². The van der Waals surface area contributed by atoms with E-state index in [1.165, 1.54) is 18.9 Å². The Morgan fingerprint density at radius 3 is 2.38 bits per heavy atom. The highest BCUT2D eigenvalue weighted by Gasteiger charge is 2.41. The molecule has 0 bridgehead atoms. The molecule has 0 aromatic heterocycles. The lowest BCUT2D eigenvalue weighted by atomic mass is 9.79. The van der Waals surface area contributed by atoms with Crippen LogP contribution in [-0.4, -0.2) is 30.6 Å². The van der Waals surface area contributed by atoms with Crippen LogP contribution in [0.4, 0.5) is 4.39 Å². The van der Waals surface area contributed by atoms with E-state index in [4.69, 9.17) is 10.5 Å². The number of likely N-dealkylation sites (tertiary alicyclic amines) is 1. The van der Waals surface area contributed by atoms with Crippen molar-refractivity contribution in [2.24, 2.45) is 5.73 Å². The van der Waals surface area contributed by atoms with Gasteiger partial charge in [-0.3, -0.25) is 4.90 Å². The molecule has 1 aromatic carbocycles. The van der Waals surface area contributed by atoms with Gasteiger partial charge < -0.3 is 10.5 Å². The van der Waals surface area contributed by atoms with Crippen molar-refractivity contribution < 1.29 is 9.13 Å². The van der Waals surface area contributed by atoms with Crippen molar-refractivity contribution in [3.8, 4) is 5.75 Å². The predicted octanol–water partition coefficient (Wildman–Crippen LogP) is 3.49. The highest BCUT2D eigenvalue weighted by molar-refractivity contribution is 5.32. The molecule has 0 amide bonds. The van der Waals surface area contributed by atoms with Crippen molar-refractivity contribution in [2.75, 3.05) is 20.2 Å². The molecular weight excluding hydrogens is 267 g/mol. The van der Waals surface area contributed by atoms with Crippen LogP contribution >= 0.6 is 0 Å². The molecule has 0 spiro atoms. The molecule has 1 fully saturated rings. The summed E-state index contributed by atoms with van der Waals surface area (Å²) in [6.07, 6.45) is 4.27. The maximum absolute atomic E-state index is 14.4. The van der Waals surface area contributed by atoms with Gasteiger partial charge in [0.2, 0.25) is 0 Å². The van der Waals surface area contributed by atoms with Crippen molar-refractivity contribution >= 4 is 0 Å². The molecule has 1 aliphatic heterocycles. The van der Waals surface area contributed by atoms with Crippen LogP contribution in [0.25, 0.3) is 0 Å². The van der Waals surface area contributed by atoms with Gasteiger partial charge >= 0.3 is 0 Å². The Kier molecular flexibility index (Phi) is 5.22. The number of ether oxygens (including phenoxy) is 1. The Morgan fingerprint density at radius 1 is 1.29 bits per heavy atom. The van der Waals surface area contributed by atoms with Gasteiger partial charge in [0.1, 0.15) is 11.6 Å². The van der Waals surface area contributed by atoms with E-state index in [1.54, 1.807) is 19.2 Å². The predicted molar refractivity (Wildman–Crippen MR) is 84.0 cm³/mol. The summed E-state index contributed by atoms with van der Waals surface area (Å²) in [5.41, 5.74) is 6.97. The van der Waals surface area contributed by atoms with E-state index in [2.05, 4.69) is 18.7 Å². The van der Waals surface area contributed by atoms with Crippen LogP contribution in [0.5, 0.6) is 5.75 Å². The number of rotatable bonds is 6. The van der Waals surface area contributed by atoms with Crippen molar-refractivity contribution in [3.05, 3.63) is 29.6 Å². The fourth-order valence-corrected chi connectivity index (χ4v) is 3.67. The fourth-order valence-electron chi connectivity index (χ4n) is 3.67. The summed E-state index contributed by atoms with van der Waals surface area (Å²) in [5, 5.41) is 0. The quantitative estimate of drug-likeness (QED) is 0.873. The molecule has 1 unspecified atom stereocenters. The minimum atomic E-state index is -0.323. The second kappa shape index (κ2) is 6.75. The number of hydrogen-bond acceptors (Lipinski definition) is 3. The molecule has 0 aliphatic carbocycles. The summed E-state index contributed by atoms with van der Waals surface area (Å²) in [4.78, 5) is 2.46. The van der Waals surface area contributed by atoms with E-state index in [1.807, 2.05) is 0 Å². The third-order valence-electron chi connectivity index (χ3n) is 5.08. The van der Waals surface area contributed by atoms with E-state index >= 15 is 0 Å². The molecule has 2 N–H and O–H groups in total. The van der Waals surface area contributed by atoms with Gasteiger partial charge in [-0.25, -0.2) is 4.39 Å². The van der Waals surface area contributed by atoms with Crippen LogP contribution < -0.4 is 10.5 Å². The number of hydrogen-bond donors (Lipinski definition) is 1. The Bertz CT molecular complexity index is 468. The van der Waals surface area contributed by atoms with E-state index in [0.29, 0.717) is 11.3 Å². The van der Waals surface area contributed by atoms with Crippen LogP contribution in [0.3, 0.4) is 0 Å². The molecule has 1 atom stereocenters. The molecule has 2 rings (SSSR count). The van der Waals surface area contributed by atoms with Gasteiger partial charge in [0.25, 0.3) is 0 Å². The first-order valence-electron chi connectivity index (χ1n) is 7.93. The normalized spacial score (nSPS) is 18.0. The number of halogens is 1. The van der Waals surface area contributed by atoms with Crippen molar-refractivity contribution in [3.63, 3.8) is 0 Å². The highest BCUT2D eigenvalue weighted by atomic mass is 19.1. The van der Waals surface area contributed by atoms with Crippen LogP contribution in [0, 0.1) is 5.82 Å². The van der Waals surface area contributed by atoms with E-state index in [0.717, 1.165) is 25.9 Å². The molecule has 3 nitrogen and oxygen atoms in total. The fraction of sp³-hybridized carbons (Fsp3) is 0.647. The maximum atomic E-state index is 14.4. The number of benzene rings is 1. The second-order valence-corrected chi connectivity index (χ2v) is 5.87. The Labute approximate surface area is 127 Å². The van der Waals surface area contributed by atoms with Gasteiger partial charge in [-0.2, -0.15) is 0 Å². The SMILES string of the molecule is CCC(CC)(C(N)c1ccc(OC)cc1F)N1CCCC1. The van der Waals surface area contributed by atoms with Gasteiger partial charge in [0, 0.05) is 17.2 Å². The summed E-state index contributed by atoms with van der Waals surface area (Å²) in [6.45, 7) is 6.44. The maximum Gasteiger partial charge on any atom is 0.131 e. The molecule has 1 aromatic rings. The van der Waals surface area contributed by atoms with E-state index in [-0.39, 0.29) is 17.4 Å². The zero-order valence-corrected chi connectivity index (χ0v) is 13.4. The first kappa shape index (κ1) is 16.2. The molecule has 1 saturated heterocycles. The van der Waals surface area contributed by atoms with Gasteiger partial charge in [-0.1, -0.05) is 19.9 Å². The zero-order valence-electron chi connectivity index (χ0n) is 13.4. The smallest absolute Gasteiger partial charge is 0.131 e. The third kappa shape index (κ3) is 2.92. The van der Waals surface area contributed by atoms with Crippen molar-refractivity contribution in [2.45, 2.75) is 51.1 Å². The number of methoxy groups -OCH3 is 1. The van der Waals surface area contributed by atoms with Crippen molar-refractivity contribution in [1.29, 1.82) is 0 Å². The molecule has 1 aliphatic rings. The van der Waals surface area contributed by atoms with Gasteiger partial charge in [-0.05, 0) is 44.8 Å². The summed E-state index contributed by atoms with van der Waals surface area (Å²) in [6, 6.07) is 4.67. The van der Waals surface area contributed by atoms with E-state index in [9.17, 15) is 4.39 Å². The molecule has 0 saturated carbocycles. The Morgan fingerprint density at radius 2 is 1.90 bits per heavy atom. The monoisotopic (exact) mass is 294 g/mol. The standard InChI is InChI=1S/C17H27FN2O/c1-4-17(5-2,20-10-6-7-11-20)16(19)14-9-8-13(21-3)12-15(14)18/h8-9,12,16H,4-7,10-11,19H2,1-3H3. The molecule has 0 radical (unpaired) electrons. The average molecular weight is 294 g/mol. The molecule has 4 heteroatoms. The summed E-state index contributed by atoms with van der Waals surface area (Å²) < 4.78 is 19.5. The highest BCUT2D eigenvalue weighted by Crippen LogP contribution is 2.39. The lowest BCUT2D eigenvalue weighted by Crippen LogP contribution is -2.54. The van der Waals surface area contributed by atoms with Crippen LogP contribution in [0.2, 0.25) is 0 Å². The zero-order chi connectivity index (χ0) is 15.5. The average Bonchev–Trinajstić information content (AvgIpc) is 3.03. The molecular formula is C17H27FN2O. The largest absolute Gasteiger partial charge is 0.497 e. The second-order valence-electron chi connectivity index (χ2n) is 5.87. The lowest BCUT2D eigenvalue weighted by Gasteiger charge is -2.45. The third-order valence-corrected chi connectivity index (χ3v) is 5.08. The van der Waals surface area contributed by atoms with Gasteiger partial charge in [-0.15, -0.1) is 0 Å². The molecule has 1 heterocycles. The Hall–Kier alpha value is -1.13. The van der Waals surface area contributed by atoms with E-state index < -0.39 is 0 Å². The first-order valence-corrected chi connectivity index (χ1v) is 7.93. The number of nitrogens with two attached hydrogens (primary N) is 1. The van der Waals surface area contributed by atoms with Gasteiger partial charge in [0.15, 0.2) is 0 Å². The minimum Gasteiger partial charge on any atom is -0.497 e. The van der Waals surface area contributed by atoms with Crippen molar-refractivity contribution in [1.82, 2.24) is 4.90 Å². The number of nitrogens with zero attached hydrogens (tertiary/aromatic N) is 1. The van der Waals surface area contributed by atoms with Gasteiger partial charge in [0.05, 0.1) is 13.2 Å². The summed E-state index contributed by atoms with van der Waals surface area (Å²) in [7, 11) is 1.54. The minimum absolute atomic E-state index is 0.161. The summed E-state index contributed by atoms with van der Waals surface area (Å²) in [5.74, 6) is 0.260. The Balaban J connectivity index is 2.35. The van der Waals surface area contributed by atoms with Crippen LogP contribution in [-0.2, 0) is 0 Å². The summed E-state index contributed by atoms with van der Waals surface area (Å²) >= 11 is 0. The molecule has 118 valence electrons.